The maximum atomic E-state index is 12.8. The lowest BCUT2D eigenvalue weighted by atomic mass is 10.1. The number of nitrogens with one attached hydrogen (secondary N) is 1. The smallest absolute Gasteiger partial charge is 0.404 e. The molecule has 0 spiro atoms. The van der Waals surface area contributed by atoms with Gasteiger partial charge < -0.3 is 4.74 Å². The van der Waals surface area contributed by atoms with Crippen LogP contribution in [-0.4, -0.2) is 46.8 Å². The van der Waals surface area contributed by atoms with E-state index < -0.39 is 33.7 Å². The van der Waals surface area contributed by atoms with Crippen LogP contribution >= 0.6 is 0 Å². The predicted octanol–water partition coefficient (Wildman–Crippen LogP) is 4.18. The van der Waals surface area contributed by atoms with Crippen LogP contribution in [0.25, 0.3) is 28.2 Å². The maximum Gasteiger partial charge on any atom is 0.404 e. The molecule has 0 saturated heterocycles. The fourth-order valence-electron chi connectivity index (χ4n) is 3.46. The highest BCUT2D eigenvalue weighted by atomic mass is 32.2. The fraction of sp³-hybridized carbons (Fsp3) is 0.182. The number of benzene rings is 1. The van der Waals surface area contributed by atoms with Gasteiger partial charge in [0.2, 0.25) is 16.0 Å². The average molecular weight is 538 g/mol. The Labute approximate surface area is 206 Å². The van der Waals surface area contributed by atoms with Gasteiger partial charge in [0.25, 0.3) is 0 Å². The molecule has 9 nitrogen and oxygen atoms in total. The summed E-state index contributed by atoms with van der Waals surface area (Å²) in [6.45, 7) is -2.45. The normalized spacial score (nSPS) is 13.0. The first-order valence-electron chi connectivity index (χ1n) is 10.3. The van der Waals surface area contributed by atoms with E-state index in [1.165, 1.54) is 52.0 Å². The molecule has 0 aliphatic carbocycles. The van der Waals surface area contributed by atoms with Crippen molar-refractivity contribution in [2.24, 2.45) is 0 Å². The third kappa shape index (κ3) is 5.20. The summed E-state index contributed by atoms with van der Waals surface area (Å²) < 4.78 is 96.3. The molecule has 0 radical (unpaired) electrons. The largest absolute Gasteiger partial charge is 0.435 e. The molecule has 3 heterocycles. The molecule has 15 heteroatoms. The van der Waals surface area contributed by atoms with E-state index in [9.17, 15) is 35.6 Å². The van der Waals surface area contributed by atoms with E-state index in [4.69, 9.17) is 0 Å². The minimum atomic E-state index is -4.80. The van der Waals surface area contributed by atoms with Crippen LogP contribution in [0.4, 0.5) is 22.0 Å². The summed E-state index contributed by atoms with van der Waals surface area (Å²) in [5.41, 5.74) is 0.394. The van der Waals surface area contributed by atoms with Crippen LogP contribution in [-0.2, 0) is 10.0 Å². The predicted molar refractivity (Wildman–Crippen MR) is 119 cm³/mol. The van der Waals surface area contributed by atoms with Gasteiger partial charge in [-0.1, -0.05) is 0 Å². The third-order valence-electron chi connectivity index (χ3n) is 5.14. The number of sulfonamides is 1. The molecule has 1 N–H and O–H groups in total. The van der Waals surface area contributed by atoms with E-state index in [1.807, 2.05) is 6.07 Å². The molecule has 1 aromatic carbocycles. The first-order chi connectivity index (χ1) is 17.4. The molecule has 1 atom stereocenters. The SMILES string of the molecule is C[C@H](NS(=O)(=O)c1ccc(-c2c(C#N)c3ccc(OC(F)F)cc3n2-c2ncccn2)nc1)C(F)(F)F. The first-order valence-corrected chi connectivity index (χ1v) is 11.8. The van der Waals surface area contributed by atoms with Gasteiger partial charge in [-0.2, -0.15) is 31.9 Å². The summed E-state index contributed by atoms with van der Waals surface area (Å²) in [6, 6.07) is 7.29. The Bertz CT molecular complexity index is 1580. The van der Waals surface area contributed by atoms with Crippen LogP contribution in [0.15, 0.2) is 59.9 Å². The Hall–Kier alpha value is -4.16. The molecule has 4 aromatic rings. The Morgan fingerprint density at radius 2 is 1.81 bits per heavy atom. The number of aromatic nitrogens is 4. The molecule has 0 bridgehead atoms. The van der Waals surface area contributed by atoms with Gasteiger partial charge in [0.05, 0.1) is 22.5 Å². The standard InChI is InChI=1S/C22H15F5N6O3S/c1-12(22(25,26)27)32-37(34,35)14-4-6-17(31-11-14)19-16(10-28)15-5-3-13(36-20(23)24)9-18(15)33(19)21-29-7-2-8-30-21/h2-9,11-12,20,32H,1H3/t12-/m0/s1. The van der Waals surface area contributed by atoms with E-state index in [2.05, 4.69) is 19.7 Å². The van der Waals surface area contributed by atoms with Crippen LogP contribution in [0.5, 0.6) is 5.75 Å². The molecule has 0 amide bonds. The van der Waals surface area contributed by atoms with Crippen LogP contribution in [0, 0.1) is 11.3 Å². The second kappa shape index (κ2) is 9.71. The van der Waals surface area contributed by atoms with E-state index in [1.54, 1.807) is 0 Å². The number of rotatable bonds is 7. The van der Waals surface area contributed by atoms with Gasteiger partial charge in [-0.15, -0.1) is 0 Å². The highest BCUT2D eigenvalue weighted by molar-refractivity contribution is 7.89. The van der Waals surface area contributed by atoms with E-state index in [-0.39, 0.29) is 34.2 Å². The van der Waals surface area contributed by atoms with Crippen molar-refractivity contribution in [3.05, 3.63) is 60.6 Å². The number of ether oxygens (including phenoxy) is 1. The monoisotopic (exact) mass is 538 g/mol. The van der Waals surface area contributed by atoms with Crippen molar-refractivity contribution in [2.75, 3.05) is 0 Å². The lowest BCUT2D eigenvalue weighted by Gasteiger charge is -2.17. The lowest BCUT2D eigenvalue weighted by molar-refractivity contribution is -0.147. The van der Waals surface area contributed by atoms with Crippen LogP contribution < -0.4 is 9.46 Å². The zero-order valence-corrected chi connectivity index (χ0v) is 19.4. The third-order valence-corrected chi connectivity index (χ3v) is 6.67. The number of nitrogens with zero attached hydrogens (tertiary/aromatic N) is 5. The number of halogens is 5. The zero-order chi connectivity index (χ0) is 27.0. The Morgan fingerprint density at radius 1 is 1.11 bits per heavy atom. The summed E-state index contributed by atoms with van der Waals surface area (Å²) in [5, 5.41) is 10.2. The number of nitriles is 1. The summed E-state index contributed by atoms with van der Waals surface area (Å²) in [7, 11) is -4.58. The van der Waals surface area contributed by atoms with E-state index in [0.29, 0.717) is 12.3 Å². The average Bonchev–Trinajstić information content (AvgIpc) is 3.17. The Morgan fingerprint density at radius 3 is 2.38 bits per heavy atom. The van der Waals surface area contributed by atoms with Gasteiger partial charge in [-0.25, -0.2) is 18.4 Å². The number of pyridine rings is 1. The topological polar surface area (TPSA) is 123 Å². The highest BCUT2D eigenvalue weighted by Crippen LogP contribution is 2.36. The summed E-state index contributed by atoms with van der Waals surface area (Å²) in [5.74, 6) is -0.162. The number of fused-ring (bicyclic) bond motifs is 1. The summed E-state index contributed by atoms with van der Waals surface area (Å²) >= 11 is 0. The molecule has 192 valence electrons. The van der Waals surface area contributed by atoms with Crippen LogP contribution in [0.3, 0.4) is 0 Å². The minimum Gasteiger partial charge on any atom is -0.435 e. The maximum absolute atomic E-state index is 12.8. The Kier molecular flexibility index (Phi) is 6.80. The quantitative estimate of drug-likeness (QED) is 0.350. The van der Waals surface area contributed by atoms with Crippen LogP contribution in [0.2, 0.25) is 0 Å². The molecule has 0 saturated carbocycles. The molecule has 0 aliphatic rings. The van der Waals surface area contributed by atoms with Gasteiger partial charge >= 0.3 is 12.8 Å². The van der Waals surface area contributed by atoms with Crippen molar-refractivity contribution in [3.8, 4) is 29.2 Å². The van der Waals surface area contributed by atoms with Crippen LogP contribution in [0.1, 0.15) is 12.5 Å². The van der Waals surface area contributed by atoms with Crippen molar-refractivity contribution in [3.63, 3.8) is 0 Å². The van der Waals surface area contributed by atoms with Gasteiger partial charge in [-0.3, -0.25) is 9.55 Å². The molecular weight excluding hydrogens is 523 g/mol. The van der Waals surface area contributed by atoms with Crippen molar-refractivity contribution < 1.29 is 35.1 Å². The lowest BCUT2D eigenvalue weighted by Crippen LogP contribution is -2.42. The number of alkyl halides is 5. The highest BCUT2D eigenvalue weighted by Gasteiger charge is 2.39. The molecular formula is C22H15F5N6O3S. The molecule has 4 rings (SSSR count). The van der Waals surface area contributed by atoms with Crippen molar-refractivity contribution in [1.82, 2.24) is 24.2 Å². The van der Waals surface area contributed by atoms with Crippen molar-refractivity contribution in [1.29, 1.82) is 5.26 Å². The number of hydrogen-bond acceptors (Lipinski definition) is 7. The molecule has 0 fully saturated rings. The van der Waals surface area contributed by atoms with E-state index in [0.717, 1.165) is 12.3 Å². The van der Waals surface area contributed by atoms with E-state index >= 15 is 0 Å². The zero-order valence-electron chi connectivity index (χ0n) is 18.6. The summed E-state index contributed by atoms with van der Waals surface area (Å²) in [6.07, 6.45) is -1.16. The van der Waals surface area contributed by atoms with Gasteiger partial charge in [0, 0.05) is 30.0 Å². The van der Waals surface area contributed by atoms with Gasteiger partial charge in [-0.05, 0) is 37.3 Å². The fourth-order valence-corrected chi connectivity index (χ4v) is 4.63. The molecule has 0 unspecified atom stereocenters. The van der Waals surface area contributed by atoms with Crippen molar-refractivity contribution in [2.45, 2.75) is 30.6 Å². The van der Waals surface area contributed by atoms with Crippen molar-refractivity contribution >= 4 is 20.9 Å². The molecule has 0 aliphatic heterocycles. The van der Waals surface area contributed by atoms with Gasteiger partial charge in [0.1, 0.15) is 22.8 Å². The Balaban J connectivity index is 1.88. The minimum absolute atomic E-state index is 0.0392. The second-order valence-electron chi connectivity index (χ2n) is 7.54. The summed E-state index contributed by atoms with van der Waals surface area (Å²) in [4.78, 5) is 11.8. The molecule has 37 heavy (non-hydrogen) atoms. The molecule has 3 aromatic heterocycles. The second-order valence-corrected chi connectivity index (χ2v) is 9.25. The number of hydrogen-bond donors (Lipinski definition) is 1. The van der Waals surface area contributed by atoms with Gasteiger partial charge in [0.15, 0.2) is 0 Å². The first kappa shape index (κ1) is 25.9.